The highest BCUT2D eigenvalue weighted by Gasteiger charge is 2.26. The molecule has 3 aromatic carbocycles. The number of amides is 1. The average Bonchev–Trinajstić information content (AvgIpc) is 3.15. The molecule has 1 aliphatic rings. The van der Waals surface area contributed by atoms with Gasteiger partial charge in [0, 0.05) is 21.1 Å². The molecule has 1 heterocycles. The Bertz CT molecular complexity index is 1560. The molecule has 0 atom stereocenters. The van der Waals surface area contributed by atoms with Crippen LogP contribution in [0.2, 0.25) is 5.02 Å². The lowest BCUT2D eigenvalue weighted by molar-refractivity contribution is -0.384. The molecule has 4 rings (SSSR count). The lowest BCUT2D eigenvalue weighted by Gasteiger charge is -2.10. The minimum Gasteiger partial charge on any atom is -0.378 e. The number of thioether (sulfide) groups is 1. The molecule has 0 unspecified atom stereocenters. The van der Waals surface area contributed by atoms with Crippen LogP contribution in [0.25, 0.3) is 6.08 Å². The standard InChI is InChI=1S/C23H15BrClN3O6S2/c1-13-2-6-17(7-3-13)36(32,33)34-20-9-4-15(24)10-14(20)11-21-22(29)27-23(35-21)26-18-8-5-16(25)12-19(18)28(30)31/h2-12H,1H3,(H,26,27,29)/b21-11+. The zero-order valence-electron chi connectivity index (χ0n) is 18.3. The maximum atomic E-state index is 12.8. The number of carbonyl (C=O) groups is 1. The highest BCUT2D eigenvalue weighted by Crippen LogP contribution is 2.35. The monoisotopic (exact) mass is 607 g/mol. The minimum atomic E-state index is -4.13. The molecule has 3 aromatic rings. The number of hydrogen-bond donors (Lipinski definition) is 1. The highest BCUT2D eigenvalue weighted by molar-refractivity contribution is 9.10. The first kappa shape index (κ1) is 25.9. The fourth-order valence-corrected chi connectivity index (χ4v) is 5.37. The Morgan fingerprint density at radius 3 is 2.56 bits per heavy atom. The number of aryl methyl sites for hydroxylation is 1. The number of amidine groups is 1. The van der Waals surface area contributed by atoms with Gasteiger partial charge in [-0.2, -0.15) is 8.42 Å². The Kier molecular flexibility index (Phi) is 7.50. The molecular weight excluding hydrogens is 594 g/mol. The van der Waals surface area contributed by atoms with E-state index in [0.29, 0.717) is 10.0 Å². The number of halogens is 2. The fourth-order valence-electron chi connectivity index (χ4n) is 3.05. The molecule has 1 amide bonds. The summed E-state index contributed by atoms with van der Waals surface area (Å²) in [4.78, 5) is 27.6. The number of nitro groups is 1. The number of nitrogens with zero attached hydrogens (tertiary/aromatic N) is 2. The van der Waals surface area contributed by atoms with Crippen LogP contribution < -0.4 is 9.50 Å². The van der Waals surface area contributed by atoms with E-state index in [1.54, 1.807) is 24.3 Å². The molecule has 36 heavy (non-hydrogen) atoms. The highest BCUT2D eigenvalue weighted by atomic mass is 79.9. The Morgan fingerprint density at radius 2 is 1.86 bits per heavy atom. The van der Waals surface area contributed by atoms with Crippen LogP contribution in [0.4, 0.5) is 11.4 Å². The van der Waals surface area contributed by atoms with E-state index < -0.39 is 20.9 Å². The van der Waals surface area contributed by atoms with Gasteiger partial charge in [0.15, 0.2) is 5.17 Å². The Morgan fingerprint density at radius 1 is 1.14 bits per heavy atom. The van der Waals surface area contributed by atoms with Crippen molar-refractivity contribution in [3.8, 4) is 5.75 Å². The summed E-state index contributed by atoms with van der Waals surface area (Å²) in [6.07, 6.45) is 1.45. The summed E-state index contributed by atoms with van der Waals surface area (Å²) in [5.74, 6) is -0.499. The van der Waals surface area contributed by atoms with Gasteiger partial charge in [0.25, 0.3) is 11.6 Å². The van der Waals surface area contributed by atoms with Gasteiger partial charge in [-0.1, -0.05) is 45.2 Å². The molecule has 9 nitrogen and oxygen atoms in total. The second-order valence-electron chi connectivity index (χ2n) is 7.40. The Balaban J connectivity index is 1.65. The lowest BCUT2D eigenvalue weighted by atomic mass is 10.2. The van der Waals surface area contributed by atoms with E-state index in [-0.39, 0.29) is 37.1 Å². The lowest BCUT2D eigenvalue weighted by Crippen LogP contribution is -2.19. The molecule has 0 spiro atoms. The second-order valence-corrected chi connectivity index (χ2v) is 11.3. The van der Waals surface area contributed by atoms with Gasteiger partial charge in [-0.3, -0.25) is 14.9 Å². The van der Waals surface area contributed by atoms with Crippen LogP contribution in [0.15, 0.2) is 79.9 Å². The average molecular weight is 609 g/mol. The van der Waals surface area contributed by atoms with E-state index in [1.165, 1.54) is 42.5 Å². The van der Waals surface area contributed by atoms with E-state index in [1.807, 2.05) is 6.92 Å². The van der Waals surface area contributed by atoms with Crippen LogP contribution in [0.3, 0.4) is 0 Å². The van der Waals surface area contributed by atoms with E-state index >= 15 is 0 Å². The van der Waals surface area contributed by atoms with E-state index in [0.717, 1.165) is 17.3 Å². The van der Waals surface area contributed by atoms with Crippen molar-refractivity contribution in [2.24, 2.45) is 4.99 Å². The summed E-state index contributed by atoms with van der Waals surface area (Å²) in [5.41, 5.74) is 0.917. The first-order valence-corrected chi connectivity index (χ1v) is 13.5. The quantitative estimate of drug-likeness (QED) is 0.158. The third kappa shape index (κ3) is 5.95. The number of nitrogens with one attached hydrogen (secondary N) is 1. The van der Waals surface area contributed by atoms with Crippen molar-refractivity contribution in [3.63, 3.8) is 0 Å². The predicted octanol–water partition coefficient (Wildman–Crippen LogP) is 5.98. The van der Waals surface area contributed by atoms with Crippen LogP contribution in [0, 0.1) is 17.0 Å². The number of carbonyl (C=O) groups excluding carboxylic acids is 1. The summed E-state index contributed by atoms with van der Waals surface area (Å²) < 4.78 is 31.6. The van der Waals surface area contributed by atoms with E-state index in [9.17, 15) is 23.3 Å². The third-order valence-electron chi connectivity index (χ3n) is 4.77. The van der Waals surface area contributed by atoms with Gasteiger partial charge in [-0.15, -0.1) is 0 Å². The summed E-state index contributed by atoms with van der Waals surface area (Å²) in [6, 6.07) is 14.9. The number of hydrogen-bond acceptors (Lipinski definition) is 8. The van der Waals surface area contributed by atoms with E-state index in [2.05, 4.69) is 26.2 Å². The Labute approximate surface area is 223 Å². The van der Waals surface area contributed by atoms with Gasteiger partial charge in [0.2, 0.25) is 0 Å². The second kappa shape index (κ2) is 10.4. The molecule has 13 heteroatoms. The molecule has 0 aliphatic carbocycles. The number of nitro benzene ring substituents is 1. The van der Waals surface area contributed by atoms with Crippen LogP contribution in [-0.2, 0) is 14.9 Å². The first-order chi connectivity index (χ1) is 17.0. The third-order valence-corrected chi connectivity index (χ3v) is 7.66. The van der Waals surface area contributed by atoms with Gasteiger partial charge in [-0.05, 0) is 67.2 Å². The summed E-state index contributed by atoms with van der Waals surface area (Å²) in [7, 11) is -4.13. The largest absolute Gasteiger partial charge is 0.378 e. The molecule has 1 N–H and O–H groups in total. The molecule has 0 aromatic heterocycles. The van der Waals surface area contributed by atoms with Crippen molar-refractivity contribution < 1.29 is 22.3 Å². The smallest absolute Gasteiger partial charge is 0.339 e. The summed E-state index contributed by atoms with van der Waals surface area (Å²) >= 11 is 10.1. The Hall–Kier alpha value is -3.19. The van der Waals surface area contributed by atoms with E-state index in [4.69, 9.17) is 15.8 Å². The van der Waals surface area contributed by atoms with Gasteiger partial charge in [-0.25, -0.2) is 4.99 Å². The van der Waals surface area contributed by atoms with Crippen molar-refractivity contribution in [3.05, 3.63) is 96.3 Å². The molecule has 1 fully saturated rings. The van der Waals surface area contributed by atoms with Crippen LogP contribution in [0.1, 0.15) is 11.1 Å². The molecule has 0 radical (unpaired) electrons. The van der Waals surface area contributed by atoms with Crippen molar-refractivity contribution in [2.75, 3.05) is 0 Å². The number of benzene rings is 3. The summed E-state index contributed by atoms with van der Waals surface area (Å²) in [5, 5.41) is 14.2. The van der Waals surface area contributed by atoms with Crippen molar-refractivity contribution in [1.82, 2.24) is 5.32 Å². The maximum absolute atomic E-state index is 12.8. The van der Waals surface area contributed by atoms with Gasteiger partial charge >= 0.3 is 10.1 Å². The predicted molar refractivity (Wildman–Crippen MR) is 142 cm³/mol. The molecule has 0 saturated carbocycles. The summed E-state index contributed by atoms with van der Waals surface area (Å²) in [6.45, 7) is 1.84. The van der Waals surface area contributed by atoms with Crippen LogP contribution >= 0.6 is 39.3 Å². The molecule has 0 bridgehead atoms. The SMILES string of the molecule is Cc1ccc(S(=O)(=O)Oc2ccc(Br)cc2/C=C2/SC(=Nc3ccc(Cl)cc3[N+](=O)[O-])NC2=O)cc1. The zero-order valence-corrected chi connectivity index (χ0v) is 22.2. The van der Waals surface area contributed by atoms with Crippen LogP contribution in [-0.4, -0.2) is 24.4 Å². The minimum absolute atomic E-state index is 0.0124. The molecule has 1 aliphatic heterocycles. The van der Waals surface area contributed by atoms with Crippen molar-refractivity contribution in [1.29, 1.82) is 0 Å². The molecular formula is C23H15BrClN3O6S2. The molecule has 1 saturated heterocycles. The topological polar surface area (TPSA) is 128 Å². The van der Waals surface area contributed by atoms with Gasteiger partial charge in [0.05, 0.1) is 9.83 Å². The van der Waals surface area contributed by atoms with Gasteiger partial charge < -0.3 is 9.50 Å². The zero-order chi connectivity index (χ0) is 26.0. The number of aliphatic imine (C=N–C) groups is 1. The molecule has 184 valence electrons. The van der Waals surface area contributed by atoms with Gasteiger partial charge in [0.1, 0.15) is 16.3 Å². The van der Waals surface area contributed by atoms with Crippen molar-refractivity contribution in [2.45, 2.75) is 11.8 Å². The number of rotatable bonds is 6. The normalized spacial score (nSPS) is 15.8. The fraction of sp³-hybridized carbons (Fsp3) is 0.0435. The maximum Gasteiger partial charge on any atom is 0.339 e. The van der Waals surface area contributed by atoms with Crippen molar-refractivity contribution >= 4 is 77.9 Å². The first-order valence-electron chi connectivity index (χ1n) is 10.1. The van der Waals surface area contributed by atoms with Crippen LogP contribution in [0.5, 0.6) is 5.75 Å².